The number of nitrogens with one attached hydrogen (secondary N) is 2. The van der Waals surface area contributed by atoms with Gasteiger partial charge in [0.1, 0.15) is 5.56 Å². The molecule has 7 nitrogen and oxygen atoms in total. The van der Waals surface area contributed by atoms with E-state index in [1.165, 1.54) is 19.4 Å². The summed E-state index contributed by atoms with van der Waals surface area (Å²) in [7, 11) is 1.32. The normalized spacial score (nSPS) is 18.3. The molecule has 130 valence electrons. The minimum Gasteiger partial charge on any atom is -0.480 e. The van der Waals surface area contributed by atoms with Crippen LogP contribution in [0, 0.1) is 0 Å². The summed E-state index contributed by atoms with van der Waals surface area (Å²) in [6.45, 7) is -0.543. The Kier molecular flexibility index (Phi) is 7.62. The van der Waals surface area contributed by atoms with Crippen LogP contribution in [-0.4, -0.2) is 42.4 Å². The van der Waals surface area contributed by atoms with Crippen molar-refractivity contribution in [2.45, 2.75) is 18.4 Å². The van der Waals surface area contributed by atoms with E-state index in [0.717, 1.165) is 0 Å². The highest BCUT2D eigenvalue weighted by atomic mass is 35.5. The lowest BCUT2D eigenvalue weighted by Crippen LogP contribution is -2.35. The third kappa shape index (κ3) is 5.15. The SMILES string of the molecule is COc1ncc(NC(=O)C2CC(F)(F)CN2)cc1C(N)=O.Cl.Cl. The van der Waals surface area contributed by atoms with Crippen LogP contribution in [-0.2, 0) is 4.79 Å². The number of hydrogen-bond donors (Lipinski definition) is 3. The molecule has 1 fully saturated rings. The summed E-state index contributed by atoms with van der Waals surface area (Å²) < 4.78 is 30.9. The van der Waals surface area contributed by atoms with Gasteiger partial charge in [-0.15, -0.1) is 24.8 Å². The predicted octanol–water partition coefficient (Wildman–Crippen LogP) is 0.968. The number of carbonyl (C=O) groups excluding carboxylic acids is 2. The molecule has 0 spiro atoms. The minimum absolute atomic E-state index is 0. The van der Waals surface area contributed by atoms with Gasteiger partial charge in [-0.1, -0.05) is 0 Å². The van der Waals surface area contributed by atoms with Gasteiger partial charge >= 0.3 is 0 Å². The Labute approximate surface area is 143 Å². The molecule has 1 saturated heterocycles. The maximum Gasteiger partial charge on any atom is 0.262 e. The number of anilines is 1. The second-order valence-corrected chi connectivity index (χ2v) is 4.63. The number of amides is 2. The molecular formula is C12H16Cl2F2N4O3. The van der Waals surface area contributed by atoms with Crippen LogP contribution in [0.25, 0.3) is 0 Å². The Bertz CT molecular complexity index is 589. The highest BCUT2D eigenvalue weighted by molar-refractivity contribution is 5.99. The van der Waals surface area contributed by atoms with Crippen molar-refractivity contribution >= 4 is 42.3 Å². The van der Waals surface area contributed by atoms with Crippen LogP contribution >= 0.6 is 24.8 Å². The lowest BCUT2D eigenvalue weighted by Gasteiger charge is -2.12. The van der Waals surface area contributed by atoms with E-state index in [0.29, 0.717) is 0 Å². The molecule has 0 radical (unpaired) electrons. The monoisotopic (exact) mass is 372 g/mol. The van der Waals surface area contributed by atoms with Crippen LogP contribution in [0.15, 0.2) is 12.3 Å². The van der Waals surface area contributed by atoms with Crippen LogP contribution in [0.1, 0.15) is 16.8 Å². The van der Waals surface area contributed by atoms with Gasteiger partial charge in [0.25, 0.3) is 11.8 Å². The first-order chi connectivity index (χ1) is 9.82. The first kappa shape index (κ1) is 21.3. The van der Waals surface area contributed by atoms with Crippen molar-refractivity contribution in [1.29, 1.82) is 0 Å². The molecule has 1 aliphatic rings. The van der Waals surface area contributed by atoms with E-state index in [1.54, 1.807) is 0 Å². The molecule has 2 heterocycles. The summed E-state index contributed by atoms with van der Waals surface area (Å²) in [5.41, 5.74) is 5.32. The van der Waals surface area contributed by atoms with Gasteiger partial charge in [0.15, 0.2) is 0 Å². The number of ether oxygens (including phenoxy) is 1. The minimum atomic E-state index is -2.90. The van der Waals surface area contributed by atoms with Crippen molar-refractivity contribution in [2.24, 2.45) is 5.73 Å². The second-order valence-electron chi connectivity index (χ2n) is 4.63. The van der Waals surface area contributed by atoms with E-state index in [1.807, 2.05) is 0 Å². The maximum absolute atomic E-state index is 13.0. The van der Waals surface area contributed by atoms with Crippen molar-refractivity contribution in [3.8, 4) is 5.88 Å². The number of aromatic nitrogens is 1. The largest absolute Gasteiger partial charge is 0.480 e. The van der Waals surface area contributed by atoms with Crippen LogP contribution in [0.3, 0.4) is 0 Å². The zero-order chi connectivity index (χ0) is 15.6. The van der Waals surface area contributed by atoms with Crippen LogP contribution in [0.5, 0.6) is 5.88 Å². The number of halogens is 4. The van der Waals surface area contributed by atoms with Gasteiger partial charge in [-0.2, -0.15) is 0 Å². The van der Waals surface area contributed by atoms with Crippen LogP contribution < -0.4 is 21.1 Å². The molecule has 11 heteroatoms. The molecule has 1 unspecified atom stereocenters. The number of nitrogens with zero attached hydrogens (tertiary/aromatic N) is 1. The Morgan fingerprint density at radius 3 is 2.61 bits per heavy atom. The van der Waals surface area contributed by atoms with E-state index < -0.39 is 36.7 Å². The standard InChI is InChI=1S/C12H14F2N4O3.2ClH/c1-21-11-7(9(15)19)2-6(4-16-11)18-10(20)8-3-12(13,14)5-17-8;;/h2,4,8,17H,3,5H2,1H3,(H2,15,19)(H,18,20);2*1H. The molecule has 0 aliphatic carbocycles. The van der Waals surface area contributed by atoms with E-state index >= 15 is 0 Å². The van der Waals surface area contributed by atoms with Crippen molar-refractivity contribution in [2.75, 3.05) is 19.0 Å². The van der Waals surface area contributed by atoms with E-state index in [-0.39, 0.29) is 41.9 Å². The summed E-state index contributed by atoms with van der Waals surface area (Å²) in [6.07, 6.45) is 0.668. The molecule has 0 bridgehead atoms. The molecule has 1 aromatic rings. The Balaban J connectivity index is 0.00000242. The van der Waals surface area contributed by atoms with Gasteiger partial charge < -0.3 is 15.8 Å². The van der Waals surface area contributed by atoms with Crippen LogP contribution in [0.4, 0.5) is 14.5 Å². The van der Waals surface area contributed by atoms with Gasteiger partial charge in [-0.3, -0.25) is 14.9 Å². The number of methoxy groups -OCH3 is 1. The third-order valence-electron chi connectivity index (χ3n) is 3.00. The summed E-state index contributed by atoms with van der Waals surface area (Å²) in [5, 5.41) is 4.84. The zero-order valence-electron chi connectivity index (χ0n) is 12.0. The molecular weight excluding hydrogens is 357 g/mol. The zero-order valence-corrected chi connectivity index (χ0v) is 13.6. The number of alkyl halides is 2. The maximum atomic E-state index is 13.0. The van der Waals surface area contributed by atoms with Gasteiger partial charge in [0, 0.05) is 6.42 Å². The van der Waals surface area contributed by atoms with Crippen molar-refractivity contribution in [3.05, 3.63) is 17.8 Å². The summed E-state index contributed by atoms with van der Waals surface area (Å²) in [5.74, 6) is -4.29. The predicted molar refractivity (Wildman–Crippen MR) is 83.8 cm³/mol. The van der Waals surface area contributed by atoms with Gasteiger partial charge in [-0.25, -0.2) is 13.8 Å². The summed E-state index contributed by atoms with van der Waals surface area (Å²) in [6, 6.07) is 0.276. The van der Waals surface area contributed by atoms with Crippen molar-refractivity contribution < 1.29 is 23.1 Å². The molecule has 0 saturated carbocycles. The third-order valence-corrected chi connectivity index (χ3v) is 3.00. The first-order valence-electron chi connectivity index (χ1n) is 6.08. The average molecular weight is 373 g/mol. The molecule has 23 heavy (non-hydrogen) atoms. The van der Waals surface area contributed by atoms with Gasteiger partial charge in [0.05, 0.1) is 31.6 Å². The smallest absolute Gasteiger partial charge is 0.262 e. The quantitative estimate of drug-likeness (QED) is 0.729. The summed E-state index contributed by atoms with van der Waals surface area (Å²) in [4.78, 5) is 26.9. The number of rotatable bonds is 4. The van der Waals surface area contributed by atoms with E-state index in [2.05, 4.69) is 15.6 Å². The average Bonchev–Trinajstić information content (AvgIpc) is 2.79. The molecule has 1 atom stereocenters. The number of carbonyl (C=O) groups is 2. The number of hydrogen-bond acceptors (Lipinski definition) is 5. The Hall–Kier alpha value is -1.71. The molecule has 2 amide bonds. The first-order valence-corrected chi connectivity index (χ1v) is 6.08. The van der Waals surface area contributed by atoms with E-state index in [4.69, 9.17) is 10.5 Å². The molecule has 0 aromatic carbocycles. The Morgan fingerprint density at radius 1 is 1.48 bits per heavy atom. The second kappa shape index (κ2) is 8.23. The highest BCUT2D eigenvalue weighted by Crippen LogP contribution is 2.26. The van der Waals surface area contributed by atoms with Crippen molar-refractivity contribution in [1.82, 2.24) is 10.3 Å². The lowest BCUT2D eigenvalue weighted by atomic mass is 10.1. The summed E-state index contributed by atoms with van der Waals surface area (Å²) >= 11 is 0. The fourth-order valence-electron chi connectivity index (χ4n) is 1.99. The number of primary amides is 1. The van der Waals surface area contributed by atoms with Gasteiger partial charge in [0.2, 0.25) is 11.8 Å². The van der Waals surface area contributed by atoms with E-state index in [9.17, 15) is 18.4 Å². The molecule has 1 aliphatic heterocycles. The fourth-order valence-corrected chi connectivity index (χ4v) is 1.99. The molecule has 1 aromatic heterocycles. The molecule has 2 rings (SSSR count). The Morgan fingerprint density at radius 2 is 2.13 bits per heavy atom. The lowest BCUT2D eigenvalue weighted by molar-refractivity contribution is -0.118. The van der Waals surface area contributed by atoms with Gasteiger partial charge in [-0.05, 0) is 6.07 Å². The van der Waals surface area contributed by atoms with Crippen LogP contribution in [0.2, 0.25) is 0 Å². The topological polar surface area (TPSA) is 106 Å². The number of nitrogens with two attached hydrogens (primary N) is 1. The molecule has 4 N–H and O–H groups in total. The van der Waals surface area contributed by atoms with Crippen molar-refractivity contribution in [3.63, 3.8) is 0 Å². The number of pyridine rings is 1. The highest BCUT2D eigenvalue weighted by Gasteiger charge is 2.42. The fraction of sp³-hybridized carbons (Fsp3) is 0.417.